The lowest BCUT2D eigenvalue weighted by molar-refractivity contribution is 0.0376. The second-order valence-electron chi connectivity index (χ2n) is 8.30. The summed E-state index contributed by atoms with van der Waals surface area (Å²) in [5.74, 6) is -0.0992. The van der Waals surface area contributed by atoms with Crippen LogP contribution in [0.5, 0.6) is 0 Å². The van der Waals surface area contributed by atoms with E-state index >= 15 is 0 Å². The SMILES string of the molecule is CC(=O)c1ccc(C(=O)N(CCCN2CCOCC2)c2nc3cc(C)c(C)cc3s2)cc1. The Bertz CT molecular complexity index is 1080. The van der Waals surface area contributed by atoms with Crippen LogP contribution in [0.15, 0.2) is 36.4 Å². The summed E-state index contributed by atoms with van der Waals surface area (Å²) in [5.41, 5.74) is 4.50. The maximum Gasteiger partial charge on any atom is 0.260 e. The third-order valence-corrected chi connectivity index (χ3v) is 7.01. The summed E-state index contributed by atoms with van der Waals surface area (Å²) in [6.07, 6.45) is 0.852. The number of carbonyl (C=O) groups is 2. The average Bonchev–Trinajstić information content (AvgIpc) is 3.19. The van der Waals surface area contributed by atoms with Gasteiger partial charge < -0.3 is 4.74 Å². The molecule has 0 unspecified atom stereocenters. The molecule has 1 aliphatic heterocycles. The van der Waals surface area contributed by atoms with Crippen LogP contribution in [0.1, 0.15) is 45.2 Å². The minimum Gasteiger partial charge on any atom is -0.379 e. The summed E-state index contributed by atoms with van der Waals surface area (Å²) in [7, 11) is 0. The average molecular weight is 452 g/mol. The molecule has 32 heavy (non-hydrogen) atoms. The molecule has 0 spiro atoms. The van der Waals surface area contributed by atoms with Crippen LogP contribution in [0.4, 0.5) is 5.13 Å². The molecule has 0 saturated carbocycles. The van der Waals surface area contributed by atoms with Gasteiger partial charge in [-0.1, -0.05) is 23.5 Å². The van der Waals surface area contributed by atoms with Crippen LogP contribution in [-0.2, 0) is 4.74 Å². The molecule has 0 N–H and O–H groups in total. The second kappa shape index (κ2) is 9.90. The molecule has 0 aliphatic carbocycles. The Morgan fingerprint density at radius 1 is 1.06 bits per heavy atom. The topological polar surface area (TPSA) is 62.7 Å². The molecule has 1 saturated heterocycles. The molecule has 2 heterocycles. The number of amides is 1. The van der Waals surface area contributed by atoms with E-state index in [1.54, 1.807) is 40.5 Å². The molecule has 4 rings (SSSR count). The van der Waals surface area contributed by atoms with Crippen molar-refractivity contribution in [2.24, 2.45) is 0 Å². The molecule has 1 amide bonds. The van der Waals surface area contributed by atoms with E-state index in [4.69, 9.17) is 9.72 Å². The molecule has 0 bridgehead atoms. The molecular formula is C25H29N3O3S. The Balaban J connectivity index is 1.59. The van der Waals surface area contributed by atoms with Crippen molar-refractivity contribution < 1.29 is 14.3 Å². The first-order valence-corrected chi connectivity index (χ1v) is 11.8. The number of nitrogens with zero attached hydrogens (tertiary/aromatic N) is 3. The fourth-order valence-electron chi connectivity index (χ4n) is 3.85. The van der Waals surface area contributed by atoms with E-state index in [0.717, 1.165) is 49.5 Å². The van der Waals surface area contributed by atoms with E-state index in [2.05, 4.69) is 30.9 Å². The normalized spacial score (nSPS) is 14.6. The fourth-order valence-corrected chi connectivity index (χ4v) is 4.92. The number of rotatable bonds is 7. The van der Waals surface area contributed by atoms with Crippen molar-refractivity contribution in [3.63, 3.8) is 0 Å². The number of anilines is 1. The zero-order valence-electron chi connectivity index (χ0n) is 18.9. The van der Waals surface area contributed by atoms with Gasteiger partial charge >= 0.3 is 0 Å². The van der Waals surface area contributed by atoms with Crippen molar-refractivity contribution in [1.29, 1.82) is 0 Å². The highest BCUT2D eigenvalue weighted by molar-refractivity contribution is 7.22. The lowest BCUT2D eigenvalue weighted by Crippen LogP contribution is -2.39. The van der Waals surface area contributed by atoms with Gasteiger partial charge in [0, 0.05) is 37.3 Å². The van der Waals surface area contributed by atoms with Crippen LogP contribution in [-0.4, -0.2) is 61.0 Å². The molecule has 1 aliphatic rings. The summed E-state index contributed by atoms with van der Waals surface area (Å²) < 4.78 is 6.52. The number of Topliss-reactive ketones (excluding diaryl/α,β-unsaturated/α-hetero) is 1. The van der Waals surface area contributed by atoms with Crippen LogP contribution in [0.3, 0.4) is 0 Å². The summed E-state index contributed by atoms with van der Waals surface area (Å²) in [6.45, 7) is 10.6. The van der Waals surface area contributed by atoms with Gasteiger partial charge in [-0.05, 0) is 62.6 Å². The van der Waals surface area contributed by atoms with Gasteiger partial charge in [0.25, 0.3) is 5.91 Å². The Labute approximate surface area is 192 Å². The van der Waals surface area contributed by atoms with Gasteiger partial charge in [0.1, 0.15) is 0 Å². The fraction of sp³-hybridized carbons (Fsp3) is 0.400. The van der Waals surface area contributed by atoms with Gasteiger partial charge in [-0.15, -0.1) is 0 Å². The van der Waals surface area contributed by atoms with E-state index in [1.165, 1.54) is 18.1 Å². The highest BCUT2D eigenvalue weighted by Gasteiger charge is 2.22. The standard InChI is InChI=1S/C25H29N3O3S/c1-17-15-22-23(16-18(17)2)32-25(26-22)28(10-4-9-27-11-13-31-14-12-27)24(30)21-7-5-20(6-8-21)19(3)29/h5-8,15-16H,4,9-14H2,1-3H3. The quantitative estimate of drug-likeness (QED) is 0.496. The van der Waals surface area contributed by atoms with E-state index in [1.807, 2.05) is 0 Å². The number of aryl methyl sites for hydroxylation is 2. The van der Waals surface area contributed by atoms with Crippen LogP contribution in [0.25, 0.3) is 10.2 Å². The Kier molecular flexibility index (Phi) is 6.98. The first-order chi connectivity index (χ1) is 15.4. The van der Waals surface area contributed by atoms with Crippen LogP contribution in [0.2, 0.25) is 0 Å². The van der Waals surface area contributed by atoms with Crippen LogP contribution in [0, 0.1) is 13.8 Å². The number of benzene rings is 2. The Hall–Kier alpha value is -2.61. The summed E-state index contributed by atoms with van der Waals surface area (Å²) in [5, 5.41) is 0.715. The number of fused-ring (bicyclic) bond motifs is 1. The monoisotopic (exact) mass is 451 g/mol. The number of aromatic nitrogens is 1. The number of ether oxygens (including phenoxy) is 1. The first kappa shape index (κ1) is 22.6. The summed E-state index contributed by atoms with van der Waals surface area (Å²) >= 11 is 1.55. The third-order valence-electron chi connectivity index (χ3n) is 5.97. The van der Waals surface area contributed by atoms with Crippen LogP contribution < -0.4 is 4.90 Å². The van der Waals surface area contributed by atoms with Crippen molar-refractivity contribution >= 4 is 38.4 Å². The summed E-state index contributed by atoms with van der Waals surface area (Å²) in [4.78, 5) is 34.1. The molecule has 6 nitrogen and oxygen atoms in total. The number of ketones is 1. The molecule has 168 valence electrons. The number of thiazole rings is 1. The Morgan fingerprint density at radius 3 is 2.41 bits per heavy atom. The predicted octanol–water partition coefficient (Wildman–Crippen LogP) is 4.48. The third kappa shape index (κ3) is 5.06. The zero-order chi connectivity index (χ0) is 22.7. The smallest absolute Gasteiger partial charge is 0.260 e. The molecule has 7 heteroatoms. The maximum absolute atomic E-state index is 13.5. The van der Waals surface area contributed by atoms with Crippen molar-refractivity contribution in [3.8, 4) is 0 Å². The van der Waals surface area contributed by atoms with Crippen molar-refractivity contribution in [2.45, 2.75) is 27.2 Å². The zero-order valence-corrected chi connectivity index (χ0v) is 19.7. The largest absolute Gasteiger partial charge is 0.379 e. The summed E-state index contributed by atoms with van der Waals surface area (Å²) in [6, 6.07) is 11.1. The predicted molar refractivity (Wildman–Crippen MR) is 129 cm³/mol. The van der Waals surface area contributed by atoms with Gasteiger partial charge in [0.2, 0.25) is 0 Å². The minimum absolute atomic E-state index is 0.0109. The molecule has 0 radical (unpaired) electrons. The highest BCUT2D eigenvalue weighted by Crippen LogP contribution is 2.31. The lowest BCUT2D eigenvalue weighted by Gasteiger charge is -2.27. The van der Waals surface area contributed by atoms with E-state index < -0.39 is 0 Å². The molecular weight excluding hydrogens is 422 g/mol. The molecule has 2 aromatic carbocycles. The van der Waals surface area contributed by atoms with E-state index in [9.17, 15) is 9.59 Å². The van der Waals surface area contributed by atoms with E-state index in [-0.39, 0.29) is 11.7 Å². The molecule has 1 aromatic heterocycles. The number of hydrogen-bond donors (Lipinski definition) is 0. The van der Waals surface area contributed by atoms with Gasteiger partial charge in [0.05, 0.1) is 23.4 Å². The minimum atomic E-state index is -0.0884. The Morgan fingerprint density at radius 2 is 1.72 bits per heavy atom. The van der Waals surface area contributed by atoms with Crippen molar-refractivity contribution in [1.82, 2.24) is 9.88 Å². The van der Waals surface area contributed by atoms with Gasteiger partial charge in [-0.25, -0.2) is 4.98 Å². The number of morpholine rings is 1. The van der Waals surface area contributed by atoms with Gasteiger partial charge in [0.15, 0.2) is 10.9 Å². The first-order valence-electron chi connectivity index (χ1n) is 11.0. The van der Waals surface area contributed by atoms with Crippen molar-refractivity contribution in [3.05, 3.63) is 58.7 Å². The molecule has 0 atom stereocenters. The lowest BCUT2D eigenvalue weighted by atomic mass is 10.1. The highest BCUT2D eigenvalue weighted by atomic mass is 32.1. The van der Waals surface area contributed by atoms with Gasteiger partial charge in [-0.2, -0.15) is 0 Å². The number of hydrogen-bond acceptors (Lipinski definition) is 6. The van der Waals surface area contributed by atoms with Crippen LogP contribution >= 0.6 is 11.3 Å². The number of carbonyl (C=O) groups excluding carboxylic acids is 2. The van der Waals surface area contributed by atoms with Crippen molar-refractivity contribution in [2.75, 3.05) is 44.3 Å². The van der Waals surface area contributed by atoms with E-state index in [0.29, 0.717) is 22.8 Å². The molecule has 1 fully saturated rings. The second-order valence-corrected chi connectivity index (χ2v) is 9.31. The maximum atomic E-state index is 13.5. The van der Waals surface area contributed by atoms with Gasteiger partial charge in [-0.3, -0.25) is 19.4 Å². The molecule has 3 aromatic rings.